The fourth-order valence-electron chi connectivity index (χ4n) is 2.38. The molecule has 5 heteroatoms. The fraction of sp³-hybridized carbons (Fsp3) is 0.571. The second-order valence-corrected chi connectivity index (χ2v) is 5.14. The largest absolute Gasteiger partial charge is 0.493 e. The Bertz CT molecular complexity index is 426. The minimum atomic E-state index is 0.165. The van der Waals surface area contributed by atoms with E-state index < -0.39 is 0 Å². The van der Waals surface area contributed by atoms with Gasteiger partial charge in [-0.1, -0.05) is 11.6 Å². The molecule has 0 amide bonds. The predicted octanol–water partition coefficient (Wildman–Crippen LogP) is 2.08. The first-order valence-electron chi connectivity index (χ1n) is 6.72. The second kappa shape index (κ2) is 7.10. The molecule has 0 fully saturated rings. The fourth-order valence-corrected chi connectivity index (χ4v) is 2.64. The standard InChI is InChI=1S/C14H21ClN2O2/c1-2-18-5-4-13(17-16)9-11-8-12(15)7-10-3-6-19-14(10)11/h7-8,13,17H,2-6,9,16H2,1H3. The molecule has 0 radical (unpaired) electrons. The van der Waals surface area contributed by atoms with Crippen molar-refractivity contribution in [2.75, 3.05) is 19.8 Å². The van der Waals surface area contributed by atoms with Gasteiger partial charge in [-0.15, -0.1) is 0 Å². The van der Waals surface area contributed by atoms with Crippen molar-refractivity contribution in [1.29, 1.82) is 0 Å². The molecule has 0 spiro atoms. The summed E-state index contributed by atoms with van der Waals surface area (Å²) in [5, 5.41) is 0.764. The molecule has 1 heterocycles. The van der Waals surface area contributed by atoms with Crippen LogP contribution in [0.1, 0.15) is 24.5 Å². The molecule has 0 aliphatic carbocycles. The Morgan fingerprint density at radius 3 is 3.11 bits per heavy atom. The summed E-state index contributed by atoms with van der Waals surface area (Å²) in [5.41, 5.74) is 5.16. The Morgan fingerprint density at radius 1 is 1.53 bits per heavy atom. The van der Waals surface area contributed by atoms with Crippen molar-refractivity contribution in [3.8, 4) is 5.75 Å². The third-order valence-electron chi connectivity index (χ3n) is 3.34. The number of nitrogens with two attached hydrogens (primary N) is 1. The van der Waals surface area contributed by atoms with Crippen molar-refractivity contribution in [2.45, 2.75) is 32.2 Å². The molecule has 0 saturated carbocycles. The summed E-state index contributed by atoms with van der Waals surface area (Å²) in [6.07, 6.45) is 2.60. The van der Waals surface area contributed by atoms with Crippen molar-refractivity contribution in [2.24, 2.45) is 5.84 Å². The van der Waals surface area contributed by atoms with Crippen molar-refractivity contribution in [3.05, 3.63) is 28.3 Å². The number of hydrogen-bond donors (Lipinski definition) is 2. The molecule has 3 N–H and O–H groups in total. The Kier molecular flexibility index (Phi) is 5.45. The van der Waals surface area contributed by atoms with Gasteiger partial charge in [-0.2, -0.15) is 0 Å². The van der Waals surface area contributed by atoms with E-state index in [0.29, 0.717) is 6.61 Å². The molecule has 1 atom stereocenters. The van der Waals surface area contributed by atoms with E-state index in [4.69, 9.17) is 26.9 Å². The summed E-state index contributed by atoms with van der Waals surface area (Å²) in [4.78, 5) is 0. The molecule has 0 saturated heterocycles. The third-order valence-corrected chi connectivity index (χ3v) is 3.56. The van der Waals surface area contributed by atoms with Crippen LogP contribution in [0.2, 0.25) is 5.02 Å². The summed E-state index contributed by atoms with van der Waals surface area (Å²) < 4.78 is 11.1. The molecule has 1 aliphatic heterocycles. The molecule has 1 unspecified atom stereocenters. The highest BCUT2D eigenvalue weighted by Crippen LogP contribution is 2.33. The number of nitrogens with one attached hydrogen (secondary N) is 1. The van der Waals surface area contributed by atoms with Crippen LogP contribution in [0.25, 0.3) is 0 Å². The van der Waals surface area contributed by atoms with Gasteiger partial charge in [0.05, 0.1) is 6.61 Å². The molecule has 106 valence electrons. The molecular formula is C14H21ClN2O2. The number of rotatable bonds is 7. The minimum absolute atomic E-state index is 0.165. The lowest BCUT2D eigenvalue weighted by Gasteiger charge is -2.17. The summed E-state index contributed by atoms with van der Waals surface area (Å²) in [5.74, 6) is 6.59. The van der Waals surface area contributed by atoms with Gasteiger partial charge in [0, 0.05) is 30.7 Å². The zero-order valence-corrected chi connectivity index (χ0v) is 12.0. The van der Waals surface area contributed by atoms with Crippen molar-refractivity contribution in [1.82, 2.24) is 5.43 Å². The maximum atomic E-state index is 6.15. The van der Waals surface area contributed by atoms with Gasteiger partial charge in [0.1, 0.15) is 5.75 Å². The molecule has 0 aromatic heterocycles. The monoisotopic (exact) mass is 284 g/mol. The van der Waals surface area contributed by atoms with Gasteiger partial charge in [0.15, 0.2) is 0 Å². The lowest BCUT2D eigenvalue weighted by atomic mass is 10.0. The van der Waals surface area contributed by atoms with E-state index >= 15 is 0 Å². The minimum Gasteiger partial charge on any atom is -0.493 e. The quantitative estimate of drug-likeness (QED) is 0.457. The molecule has 19 heavy (non-hydrogen) atoms. The van der Waals surface area contributed by atoms with Crippen molar-refractivity contribution < 1.29 is 9.47 Å². The Labute approximate surface area is 119 Å². The second-order valence-electron chi connectivity index (χ2n) is 4.70. The molecule has 4 nitrogen and oxygen atoms in total. The molecule has 2 rings (SSSR count). The number of hydrogen-bond acceptors (Lipinski definition) is 4. The summed E-state index contributed by atoms with van der Waals surface area (Å²) in [7, 11) is 0. The lowest BCUT2D eigenvalue weighted by molar-refractivity contribution is 0.136. The number of benzene rings is 1. The predicted molar refractivity (Wildman–Crippen MR) is 76.6 cm³/mol. The van der Waals surface area contributed by atoms with Crippen LogP contribution < -0.4 is 16.0 Å². The van der Waals surface area contributed by atoms with Gasteiger partial charge < -0.3 is 9.47 Å². The van der Waals surface area contributed by atoms with E-state index in [1.165, 1.54) is 5.56 Å². The van der Waals surface area contributed by atoms with Gasteiger partial charge in [-0.3, -0.25) is 11.3 Å². The molecular weight excluding hydrogens is 264 g/mol. The number of halogens is 1. The average Bonchev–Trinajstić information content (AvgIpc) is 2.85. The van der Waals surface area contributed by atoms with Crippen LogP contribution in [0.3, 0.4) is 0 Å². The molecule has 1 aromatic carbocycles. The van der Waals surface area contributed by atoms with Crippen LogP contribution >= 0.6 is 11.6 Å². The van der Waals surface area contributed by atoms with E-state index in [1.807, 2.05) is 19.1 Å². The molecule has 0 bridgehead atoms. The van der Waals surface area contributed by atoms with Gasteiger partial charge >= 0.3 is 0 Å². The smallest absolute Gasteiger partial charge is 0.125 e. The van der Waals surface area contributed by atoms with Gasteiger partial charge in [-0.05, 0) is 43.0 Å². The first kappa shape index (κ1) is 14.6. The molecule has 1 aliphatic rings. The highest BCUT2D eigenvalue weighted by atomic mass is 35.5. The number of hydrazine groups is 1. The van der Waals surface area contributed by atoms with Crippen LogP contribution in [0.5, 0.6) is 5.75 Å². The third kappa shape index (κ3) is 3.83. The van der Waals surface area contributed by atoms with E-state index in [0.717, 1.165) is 48.8 Å². The summed E-state index contributed by atoms with van der Waals surface area (Å²) >= 11 is 6.15. The summed E-state index contributed by atoms with van der Waals surface area (Å²) in [6, 6.07) is 4.12. The summed E-state index contributed by atoms with van der Waals surface area (Å²) in [6.45, 7) is 4.16. The first-order valence-corrected chi connectivity index (χ1v) is 7.10. The van der Waals surface area contributed by atoms with Crippen LogP contribution in [-0.2, 0) is 17.6 Å². The van der Waals surface area contributed by atoms with Gasteiger partial charge in [-0.25, -0.2) is 0 Å². The topological polar surface area (TPSA) is 56.5 Å². The molecule has 1 aromatic rings. The van der Waals surface area contributed by atoms with Crippen LogP contribution in [0.15, 0.2) is 12.1 Å². The van der Waals surface area contributed by atoms with Gasteiger partial charge in [0.2, 0.25) is 0 Å². The van der Waals surface area contributed by atoms with E-state index in [-0.39, 0.29) is 6.04 Å². The number of ether oxygens (including phenoxy) is 2. The first-order chi connectivity index (χ1) is 9.24. The van der Waals surface area contributed by atoms with E-state index in [9.17, 15) is 0 Å². The van der Waals surface area contributed by atoms with E-state index in [1.54, 1.807) is 0 Å². The van der Waals surface area contributed by atoms with Crippen LogP contribution in [0, 0.1) is 0 Å². The van der Waals surface area contributed by atoms with Crippen molar-refractivity contribution in [3.63, 3.8) is 0 Å². The number of fused-ring (bicyclic) bond motifs is 1. The highest BCUT2D eigenvalue weighted by Gasteiger charge is 2.19. The Morgan fingerprint density at radius 2 is 2.37 bits per heavy atom. The van der Waals surface area contributed by atoms with Crippen LogP contribution in [0.4, 0.5) is 0 Å². The lowest BCUT2D eigenvalue weighted by Crippen LogP contribution is -2.37. The maximum absolute atomic E-state index is 6.15. The van der Waals surface area contributed by atoms with Crippen LogP contribution in [-0.4, -0.2) is 25.9 Å². The Hall–Kier alpha value is -0.810. The average molecular weight is 285 g/mol. The normalized spacial score (nSPS) is 15.1. The maximum Gasteiger partial charge on any atom is 0.125 e. The zero-order valence-electron chi connectivity index (χ0n) is 11.2. The SMILES string of the molecule is CCOCCC(Cc1cc(Cl)cc2c1OCC2)NN. The van der Waals surface area contributed by atoms with E-state index in [2.05, 4.69) is 5.43 Å². The van der Waals surface area contributed by atoms with Gasteiger partial charge in [0.25, 0.3) is 0 Å². The van der Waals surface area contributed by atoms with Crippen molar-refractivity contribution >= 4 is 11.6 Å². The zero-order chi connectivity index (χ0) is 13.7. The highest BCUT2D eigenvalue weighted by molar-refractivity contribution is 6.30. The Balaban J connectivity index is 2.05.